The summed E-state index contributed by atoms with van der Waals surface area (Å²) in [7, 11) is 1.72. The minimum Gasteiger partial charge on any atom is -0.315 e. The molecule has 2 aliphatic heterocycles. The van der Waals surface area contributed by atoms with Crippen molar-refractivity contribution in [2.45, 2.75) is 20.8 Å². The van der Waals surface area contributed by atoms with E-state index in [1.54, 1.807) is 7.05 Å². The maximum Gasteiger partial charge on any atom is 0.255 e. The van der Waals surface area contributed by atoms with E-state index in [9.17, 15) is 4.79 Å². The van der Waals surface area contributed by atoms with E-state index >= 15 is 0 Å². The Balaban J connectivity index is 0.000000845. The average molecular weight is 183 g/mol. The number of fused-ring (bicyclic) bond motifs is 1. The summed E-state index contributed by atoms with van der Waals surface area (Å²) in [4.78, 5) is 11.6. The second kappa shape index (κ2) is 3.10. The molecular weight excluding hydrogens is 166 g/mol. The zero-order chi connectivity index (χ0) is 8.77. The van der Waals surface area contributed by atoms with Crippen LogP contribution in [0.3, 0.4) is 0 Å². The molecule has 74 valence electrons. The van der Waals surface area contributed by atoms with Gasteiger partial charge in [-0.3, -0.25) is 4.79 Å². The van der Waals surface area contributed by atoms with E-state index in [2.05, 4.69) is 10.4 Å². The van der Waals surface area contributed by atoms with E-state index in [4.69, 9.17) is 0 Å². The number of carbonyl (C=O) groups excluding carboxylic acids is 1. The van der Waals surface area contributed by atoms with Crippen molar-refractivity contribution < 1.29 is 4.79 Å². The molecule has 1 fully saturated rings. The molecule has 0 aromatic heterocycles. The number of piperidine rings is 1. The van der Waals surface area contributed by atoms with Gasteiger partial charge in [0.15, 0.2) is 0 Å². The Bertz CT molecular complexity index is 262. The van der Waals surface area contributed by atoms with Crippen molar-refractivity contribution in [2.24, 2.45) is 10.5 Å². The highest BCUT2D eigenvalue weighted by atomic mass is 16.2. The molecule has 1 unspecified atom stereocenters. The predicted octanol–water partition coefficient (Wildman–Crippen LogP) is 0.450. The minimum absolute atomic E-state index is 0. The van der Waals surface area contributed by atoms with Crippen LogP contribution in [-0.2, 0) is 4.79 Å². The van der Waals surface area contributed by atoms with Gasteiger partial charge in [0.25, 0.3) is 5.91 Å². The highest BCUT2D eigenvalue weighted by Gasteiger charge is 2.46. The molecular formula is C9H17N3O. The van der Waals surface area contributed by atoms with Crippen LogP contribution in [0.2, 0.25) is 0 Å². The number of amides is 1. The van der Waals surface area contributed by atoms with E-state index in [1.165, 1.54) is 5.01 Å². The van der Waals surface area contributed by atoms with Gasteiger partial charge in [0.1, 0.15) is 5.41 Å². The molecule has 2 heterocycles. The lowest BCUT2D eigenvalue weighted by Crippen LogP contribution is -2.48. The van der Waals surface area contributed by atoms with Gasteiger partial charge in [-0.1, -0.05) is 7.43 Å². The molecule has 1 N–H and O–H groups in total. The summed E-state index contributed by atoms with van der Waals surface area (Å²) in [6.07, 6.45) is 0.895. The van der Waals surface area contributed by atoms with Gasteiger partial charge in [0.2, 0.25) is 0 Å². The van der Waals surface area contributed by atoms with Crippen molar-refractivity contribution in [3.05, 3.63) is 0 Å². The summed E-state index contributed by atoms with van der Waals surface area (Å²) in [5, 5.41) is 8.90. The SMILES string of the molecule is C.CN1N=C2CCNCC2(C)C1=O. The molecule has 4 heteroatoms. The fourth-order valence-corrected chi connectivity index (χ4v) is 1.87. The lowest BCUT2D eigenvalue weighted by Gasteiger charge is -2.28. The second-order valence-electron chi connectivity index (χ2n) is 3.63. The van der Waals surface area contributed by atoms with E-state index in [0.717, 1.165) is 25.2 Å². The first-order valence-electron chi connectivity index (χ1n) is 4.21. The van der Waals surface area contributed by atoms with Gasteiger partial charge in [0, 0.05) is 26.6 Å². The summed E-state index contributed by atoms with van der Waals surface area (Å²) in [6, 6.07) is 0. The van der Waals surface area contributed by atoms with Crippen LogP contribution in [0.1, 0.15) is 20.8 Å². The van der Waals surface area contributed by atoms with Gasteiger partial charge in [-0.25, -0.2) is 5.01 Å². The van der Waals surface area contributed by atoms with Crippen LogP contribution in [0.4, 0.5) is 0 Å². The Morgan fingerprint density at radius 2 is 2.31 bits per heavy atom. The number of nitrogens with zero attached hydrogens (tertiary/aromatic N) is 2. The lowest BCUT2D eigenvalue weighted by atomic mass is 9.81. The molecule has 4 nitrogen and oxygen atoms in total. The molecule has 1 amide bonds. The van der Waals surface area contributed by atoms with Crippen LogP contribution in [0.15, 0.2) is 5.10 Å². The van der Waals surface area contributed by atoms with Crippen molar-refractivity contribution in [1.82, 2.24) is 10.3 Å². The molecule has 0 saturated carbocycles. The van der Waals surface area contributed by atoms with Crippen LogP contribution in [-0.4, -0.2) is 36.8 Å². The molecule has 0 radical (unpaired) electrons. The molecule has 13 heavy (non-hydrogen) atoms. The normalized spacial score (nSPS) is 32.3. The van der Waals surface area contributed by atoms with Crippen molar-refractivity contribution in [3.8, 4) is 0 Å². The number of rotatable bonds is 0. The second-order valence-corrected chi connectivity index (χ2v) is 3.63. The molecule has 2 rings (SSSR count). The monoisotopic (exact) mass is 183 g/mol. The van der Waals surface area contributed by atoms with Crippen molar-refractivity contribution in [3.63, 3.8) is 0 Å². The smallest absolute Gasteiger partial charge is 0.255 e. The van der Waals surface area contributed by atoms with Crippen LogP contribution in [0, 0.1) is 5.41 Å². The van der Waals surface area contributed by atoms with Crippen LogP contribution in [0.25, 0.3) is 0 Å². The number of hydrazone groups is 1. The van der Waals surface area contributed by atoms with E-state index in [-0.39, 0.29) is 18.7 Å². The van der Waals surface area contributed by atoms with Gasteiger partial charge < -0.3 is 5.32 Å². The topological polar surface area (TPSA) is 44.7 Å². The van der Waals surface area contributed by atoms with Crippen molar-refractivity contribution in [1.29, 1.82) is 0 Å². The first kappa shape index (κ1) is 10.2. The Kier molecular flexibility index (Phi) is 2.43. The van der Waals surface area contributed by atoms with Gasteiger partial charge >= 0.3 is 0 Å². The van der Waals surface area contributed by atoms with Crippen molar-refractivity contribution in [2.75, 3.05) is 20.1 Å². The Morgan fingerprint density at radius 1 is 1.62 bits per heavy atom. The summed E-state index contributed by atoms with van der Waals surface area (Å²) < 4.78 is 0. The van der Waals surface area contributed by atoms with E-state index in [1.807, 2.05) is 6.92 Å². The third kappa shape index (κ3) is 1.25. The number of hydrogen-bond donors (Lipinski definition) is 1. The molecule has 2 aliphatic rings. The summed E-state index contributed by atoms with van der Waals surface area (Å²) in [6.45, 7) is 3.63. The zero-order valence-electron chi connectivity index (χ0n) is 7.42. The summed E-state index contributed by atoms with van der Waals surface area (Å²) >= 11 is 0. The largest absolute Gasteiger partial charge is 0.315 e. The first-order chi connectivity index (χ1) is 5.64. The Morgan fingerprint density at radius 3 is 2.92 bits per heavy atom. The molecule has 0 aromatic rings. The van der Waals surface area contributed by atoms with E-state index < -0.39 is 0 Å². The van der Waals surface area contributed by atoms with Gasteiger partial charge in [-0.05, 0) is 6.92 Å². The molecule has 1 atom stereocenters. The first-order valence-corrected chi connectivity index (χ1v) is 4.21. The number of nitrogens with one attached hydrogen (secondary N) is 1. The zero-order valence-corrected chi connectivity index (χ0v) is 7.42. The maximum atomic E-state index is 11.6. The third-order valence-electron chi connectivity index (χ3n) is 2.69. The molecule has 0 aromatic carbocycles. The third-order valence-corrected chi connectivity index (χ3v) is 2.69. The Hall–Kier alpha value is -0.900. The molecule has 1 saturated heterocycles. The van der Waals surface area contributed by atoms with Gasteiger partial charge in [-0.2, -0.15) is 5.10 Å². The molecule has 0 spiro atoms. The molecule has 0 aliphatic carbocycles. The number of hydrogen-bond acceptors (Lipinski definition) is 3. The fourth-order valence-electron chi connectivity index (χ4n) is 1.87. The quantitative estimate of drug-likeness (QED) is 0.592. The van der Waals surface area contributed by atoms with E-state index in [0.29, 0.717) is 0 Å². The number of carbonyl (C=O) groups is 1. The van der Waals surface area contributed by atoms with Crippen LogP contribution < -0.4 is 5.32 Å². The molecule has 0 bridgehead atoms. The summed E-state index contributed by atoms with van der Waals surface area (Å²) in [5.74, 6) is 0.115. The standard InChI is InChI=1S/C8H13N3O.CH4/c1-8-5-9-4-3-6(8)10-11(2)7(8)12;/h9H,3-5H2,1-2H3;1H4. The van der Waals surface area contributed by atoms with Gasteiger partial charge in [-0.15, -0.1) is 0 Å². The highest BCUT2D eigenvalue weighted by Crippen LogP contribution is 2.30. The summed E-state index contributed by atoms with van der Waals surface area (Å²) in [5.41, 5.74) is 0.682. The van der Waals surface area contributed by atoms with Gasteiger partial charge in [0.05, 0.1) is 5.71 Å². The Labute approximate surface area is 79.0 Å². The van der Waals surface area contributed by atoms with Crippen LogP contribution in [0.5, 0.6) is 0 Å². The lowest BCUT2D eigenvalue weighted by molar-refractivity contribution is -0.134. The minimum atomic E-state index is -0.354. The fraction of sp³-hybridized carbons (Fsp3) is 0.778. The average Bonchev–Trinajstić information content (AvgIpc) is 2.28. The van der Waals surface area contributed by atoms with Crippen LogP contribution >= 0.6 is 0 Å². The maximum absolute atomic E-state index is 11.6. The highest BCUT2D eigenvalue weighted by molar-refractivity contribution is 6.12. The predicted molar refractivity (Wildman–Crippen MR) is 52.5 cm³/mol. The van der Waals surface area contributed by atoms with Crippen molar-refractivity contribution >= 4 is 11.6 Å².